The molecule has 104 valence electrons. The van der Waals surface area contributed by atoms with Crippen LogP contribution in [0.2, 0.25) is 0 Å². The van der Waals surface area contributed by atoms with Gasteiger partial charge in [0.1, 0.15) is 0 Å². The Morgan fingerprint density at radius 3 is 2.83 bits per heavy atom. The van der Waals surface area contributed by atoms with Crippen LogP contribution in [0.15, 0.2) is 0 Å². The largest absolute Gasteiger partial charge is 0.378 e. The van der Waals surface area contributed by atoms with Crippen LogP contribution < -0.4 is 5.32 Å². The van der Waals surface area contributed by atoms with Crippen LogP contribution in [0.5, 0.6) is 0 Å². The van der Waals surface area contributed by atoms with Gasteiger partial charge in [-0.3, -0.25) is 4.79 Å². The van der Waals surface area contributed by atoms with Gasteiger partial charge in [-0.25, -0.2) is 0 Å². The Labute approximate surface area is 110 Å². The second kappa shape index (κ2) is 7.10. The van der Waals surface area contributed by atoms with Crippen molar-refractivity contribution >= 4 is 5.91 Å². The number of amides is 1. The van der Waals surface area contributed by atoms with Crippen molar-refractivity contribution in [3.05, 3.63) is 0 Å². The van der Waals surface area contributed by atoms with Gasteiger partial charge in [0.15, 0.2) is 0 Å². The molecule has 4 heteroatoms. The van der Waals surface area contributed by atoms with Crippen LogP contribution in [0.25, 0.3) is 0 Å². The molecule has 2 aliphatic heterocycles. The van der Waals surface area contributed by atoms with Gasteiger partial charge in [0.2, 0.25) is 5.91 Å². The number of nitrogens with one attached hydrogen (secondary N) is 1. The van der Waals surface area contributed by atoms with Crippen LogP contribution in [0, 0.1) is 0 Å². The fourth-order valence-electron chi connectivity index (χ4n) is 2.88. The summed E-state index contributed by atoms with van der Waals surface area (Å²) in [5.74, 6) is 0.262. The summed E-state index contributed by atoms with van der Waals surface area (Å²) in [4.78, 5) is 14.2. The van der Waals surface area contributed by atoms with E-state index in [1.54, 1.807) is 0 Å². The van der Waals surface area contributed by atoms with E-state index in [0.29, 0.717) is 12.5 Å². The zero-order valence-corrected chi connectivity index (χ0v) is 11.5. The molecule has 2 aliphatic rings. The summed E-state index contributed by atoms with van der Waals surface area (Å²) in [5.41, 5.74) is 0. The summed E-state index contributed by atoms with van der Waals surface area (Å²) in [6, 6.07) is 0.501. The van der Waals surface area contributed by atoms with E-state index in [0.717, 1.165) is 39.1 Å². The molecular weight excluding hydrogens is 228 g/mol. The van der Waals surface area contributed by atoms with Crippen molar-refractivity contribution in [3.63, 3.8) is 0 Å². The average molecular weight is 254 g/mol. The van der Waals surface area contributed by atoms with E-state index in [1.165, 1.54) is 19.3 Å². The normalized spacial score (nSPS) is 28.3. The fourth-order valence-corrected chi connectivity index (χ4v) is 2.88. The first-order chi connectivity index (χ1) is 8.79. The SMILES string of the molecule is CCN(CC1CCCN1)C(=O)CC1CCCCO1. The Hall–Kier alpha value is -0.610. The van der Waals surface area contributed by atoms with Crippen molar-refractivity contribution in [1.29, 1.82) is 0 Å². The molecule has 2 saturated heterocycles. The van der Waals surface area contributed by atoms with E-state index in [1.807, 2.05) is 4.90 Å². The summed E-state index contributed by atoms with van der Waals surface area (Å²) in [6.45, 7) is 5.66. The number of ether oxygens (including phenoxy) is 1. The first-order valence-electron chi connectivity index (χ1n) is 7.42. The third-order valence-corrected chi connectivity index (χ3v) is 4.01. The van der Waals surface area contributed by atoms with Crippen molar-refractivity contribution in [2.24, 2.45) is 0 Å². The molecule has 2 fully saturated rings. The Balaban J connectivity index is 1.76. The smallest absolute Gasteiger partial charge is 0.225 e. The first kappa shape index (κ1) is 13.8. The van der Waals surface area contributed by atoms with Gasteiger partial charge in [-0.2, -0.15) is 0 Å². The monoisotopic (exact) mass is 254 g/mol. The lowest BCUT2D eigenvalue weighted by Crippen LogP contribution is -2.42. The van der Waals surface area contributed by atoms with Gasteiger partial charge in [0.05, 0.1) is 12.5 Å². The first-order valence-corrected chi connectivity index (χ1v) is 7.42. The third kappa shape index (κ3) is 3.95. The molecule has 2 atom stereocenters. The molecule has 0 aromatic carbocycles. The van der Waals surface area contributed by atoms with E-state index >= 15 is 0 Å². The molecule has 0 bridgehead atoms. The van der Waals surface area contributed by atoms with Crippen molar-refractivity contribution in [3.8, 4) is 0 Å². The molecule has 1 N–H and O–H groups in total. The Bertz CT molecular complexity index is 259. The van der Waals surface area contributed by atoms with Gasteiger partial charge >= 0.3 is 0 Å². The standard InChI is InChI=1S/C14H26N2O2/c1-2-16(11-12-6-5-8-15-12)14(17)10-13-7-3-4-9-18-13/h12-13,15H,2-11H2,1H3. The maximum absolute atomic E-state index is 12.2. The maximum atomic E-state index is 12.2. The van der Waals surface area contributed by atoms with E-state index in [4.69, 9.17) is 4.74 Å². The molecule has 18 heavy (non-hydrogen) atoms. The van der Waals surface area contributed by atoms with Crippen LogP contribution >= 0.6 is 0 Å². The van der Waals surface area contributed by atoms with Gasteiger partial charge in [-0.15, -0.1) is 0 Å². The summed E-state index contributed by atoms with van der Waals surface area (Å²) in [7, 11) is 0. The minimum Gasteiger partial charge on any atom is -0.378 e. The lowest BCUT2D eigenvalue weighted by atomic mass is 10.1. The number of rotatable bonds is 5. The molecule has 0 radical (unpaired) electrons. The molecule has 2 heterocycles. The lowest BCUT2D eigenvalue weighted by molar-refractivity contribution is -0.135. The molecular formula is C14H26N2O2. The minimum absolute atomic E-state index is 0.164. The summed E-state index contributed by atoms with van der Waals surface area (Å²) >= 11 is 0. The second-order valence-corrected chi connectivity index (χ2v) is 5.42. The summed E-state index contributed by atoms with van der Waals surface area (Å²) < 4.78 is 5.65. The van der Waals surface area contributed by atoms with E-state index < -0.39 is 0 Å². The van der Waals surface area contributed by atoms with Crippen molar-refractivity contribution < 1.29 is 9.53 Å². The average Bonchev–Trinajstić information content (AvgIpc) is 2.90. The summed E-state index contributed by atoms with van der Waals surface area (Å²) in [5, 5.41) is 3.45. The van der Waals surface area contributed by atoms with Gasteiger partial charge < -0.3 is 15.0 Å². The molecule has 2 unspecified atom stereocenters. The van der Waals surface area contributed by atoms with E-state index in [9.17, 15) is 4.79 Å². The quantitative estimate of drug-likeness (QED) is 0.809. The molecule has 0 aliphatic carbocycles. The topological polar surface area (TPSA) is 41.6 Å². The number of nitrogens with zero attached hydrogens (tertiary/aromatic N) is 1. The number of hydrogen-bond acceptors (Lipinski definition) is 3. The zero-order valence-electron chi connectivity index (χ0n) is 11.5. The van der Waals surface area contributed by atoms with Crippen LogP contribution in [0.4, 0.5) is 0 Å². The number of likely N-dealkylation sites (N-methyl/N-ethyl adjacent to an activating group) is 1. The molecule has 2 rings (SSSR count). The second-order valence-electron chi connectivity index (χ2n) is 5.42. The zero-order chi connectivity index (χ0) is 12.8. The van der Waals surface area contributed by atoms with Crippen LogP contribution in [-0.2, 0) is 9.53 Å². The van der Waals surface area contributed by atoms with E-state index in [2.05, 4.69) is 12.2 Å². The van der Waals surface area contributed by atoms with Gasteiger partial charge in [-0.1, -0.05) is 0 Å². The van der Waals surface area contributed by atoms with E-state index in [-0.39, 0.29) is 12.0 Å². The molecule has 0 aromatic heterocycles. The fraction of sp³-hybridized carbons (Fsp3) is 0.929. The van der Waals surface area contributed by atoms with Gasteiger partial charge in [0.25, 0.3) is 0 Å². The van der Waals surface area contributed by atoms with Crippen molar-refractivity contribution in [2.45, 2.75) is 57.6 Å². The highest BCUT2D eigenvalue weighted by molar-refractivity contribution is 5.76. The number of hydrogen-bond donors (Lipinski definition) is 1. The van der Waals surface area contributed by atoms with Crippen molar-refractivity contribution in [1.82, 2.24) is 10.2 Å². The van der Waals surface area contributed by atoms with Crippen LogP contribution in [-0.4, -0.2) is 49.2 Å². The Morgan fingerprint density at radius 2 is 2.22 bits per heavy atom. The predicted molar refractivity (Wildman–Crippen MR) is 71.5 cm³/mol. The summed E-state index contributed by atoms with van der Waals surface area (Å²) in [6.07, 6.45) is 6.57. The Morgan fingerprint density at radius 1 is 1.33 bits per heavy atom. The third-order valence-electron chi connectivity index (χ3n) is 4.01. The molecule has 4 nitrogen and oxygen atoms in total. The number of carbonyl (C=O) groups is 1. The molecule has 0 spiro atoms. The Kier molecular flexibility index (Phi) is 5.45. The molecule has 1 amide bonds. The van der Waals surface area contributed by atoms with Gasteiger partial charge in [0, 0.05) is 25.7 Å². The predicted octanol–water partition coefficient (Wildman–Crippen LogP) is 1.55. The molecule has 0 aromatic rings. The molecule has 0 saturated carbocycles. The highest BCUT2D eigenvalue weighted by atomic mass is 16.5. The number of carbonyl (C=O) groups excluding carboxylic acids is 1. The lowest BCUT2D eigenvalue weighted by Gasteiger charge is -2.28. The highest BCUT2D eigenvalue weighted by Crippen LogP contribution is 2.17. The highest BCUT2D eigenvalue weighted by Gasteiger charge is 2.24. The maximum Gasteiger partial charge on any atom is 0.225 e. The van der Waals surface area contributed by atoms with Crippen LogP contribution in [0.1, 0.15) is 45.4 Å². The van der Waals surface area contributed by atoms with Gasteiger partial charge in [-0.05, 0) is 45.6 Å². The minimum atomic E-state index is 0.164. The van der Waals surface area contributed by atoms with Crippen LogP contribution in [0.3, 0.4) is 0 Å². The van der Waals surface area contributed by atoms with Crippen molar-refractivity contribution in [2.75, 3.05) is 26.2 Å².